The van der Waals surface area contributed by atoms with E-state index < -0.39 is 0 Å². The topological polar surface area (TPSA) is 46.9 Å². The van der Waals surface area contributed by atoms with Crippen LogP contribution >= 0.6 is 22.9 Å². The van der Waals surface area contributed by atoms with Gasteiger partial charge >= 0.3 is 0 Å². The summed E-state index contributed by atoms with van der Waals surface area (Å²) in [5.74, 6) is 0.844. The number of hydrogen-bond donors (Lipinski definition) is 1. The molecule has 6 heteroatoms. The van der Waals surface area contributed by atoms with Crippen LogP contribution in [-0.2, 0) is 12.8 Å². The molecule has 0 amide bonds. The third kappa shape index (κ3) is 4.05. The first kappa shape index (κ1) is 18.2. The fourth-order valence-electron chi connectivity index (χ4n) is 4.21. The number of aryl methyl sites for hydroxylation is 2. The molecular formula is C20H26ClN3OS. The van der Waals surface area contributed by atoms with Gasteiger partial charge in [0.25, 0.3) is 0 Å². The number of aromatic nitrogens is 2. The number of halogens is 1. The van der Waals surface area contributed by atoms with E-state index in [4.69, 9.17) is 16.7 Å². The fourth-order valence-corrected chi connectivity index (χ4v) is 5.30. The zero-order chi connectivity index (χ0) is 17.9. The summed E-state index contributed by atoms with van der Waals surface area (Å²) in [6, 6.07) is 6.22. The second kappa shape index (κ2) is 8.24. The summed E-state index contributed by atoms with van der Waals surface area (Å²) in [5.41, 5.74) is 2.18. The molecule has 4 nitrogen and oxygen atoms in total. The average molecular weight is 392 g/mol. The van der Waals surface area contributed by atoms with E-state index in [9.17, 15) is 4.79 Å². The molecule has 1 aliphatic heterocycles. The van der Waals surface area contributed by atoms with Crippen molar-refractivity contribution in [3.8, 4) is 0 Å². The number of thiophene rings is 1. The van der Waals surface area contributed by atoms with Crippen LogP contribution in [0.25, 0.3) is 0 Å². The molecule has 1 saturated heterocycles. The maximum Gasteiger partial charge on any atom is 0.250 e. The van der Waals surface area contributed by atoms with E-state index in [0.29, 0.717) is 5.92 Å². The number of hydrogen-bond acceptors (Lipinski definition) is 4. The summed E-state index contributed by atoms with van der Waals surface area (Å²) in [6.45, 7) is 2.08. The highest BCUT2D eigenvalue weighted by Crippen LogP contribution is 2.30. The molecule has 2 aromatic heterocycles. The van der Waals surface area contributed by atoms with Crippen molar-refractivity contribution < 1.29 is 4.79 Å². The third-order valence-electron chi connectivity index (χ3n) is 5.73. The van der Waals surface area contributed by atoms with Crippen LogP contribution in [0.2, 0.25) is 4.34 Å². The van der Waals surface area contributed by atoms with Crippen molar-refractivity contribution >= 4 is 28.8 Å². The Bertz CT molecular complexity index is 757. The van der Waals surface area contributed by atoms with Gasteiger partial charge in [-0.15, -0.1) is 11.3 Å². The lowest BCUT2D eigenvalue weighted by atomic mass is 9.94. The molecule has 0 aromatic carbocycles. The van der Waals surface area contributed by atoms with Crippen LogP contribution in [0.3, 0.4) is 0 Å². The molecule has 1 aliphatic carbocycles. The highest BCUT2D eigenvalue weighted by atomic mass is 35.5. The molecule has 2 aromatic rings. The summed E-state index contributed by atoms with van der Waals surface area (Å²) in [7, 11) is 0. The van der Waals surface area contributed by atoms with Gasteiger partial charge in [-0.2, -0.15) is 5.10 Å². The molecule has 0 spiro atoms. The van der Waals surface area contributed by atoms with Gasteiger partial charge in [0.1, 0.15) is 0 Å². The molecular weight excluding hydrogens is 366 g/mol. The van der Waals surface area contributed by atoms with Crippen molar-refractivity contribution in [3.05, 3.63) is 38.8 Å². The highest BCUT2D eigenvalue weighted by Gasteiger charge is 2.28. The van der Waals surface area contributed by atoms with E-state index in [0.717, 1.165) is 67.3 Å². The third-order valence-corrected chi connectivity index (χ3v) is 7.02. The van der Waals surface area contributed by atoms with E-state index in [2.05, 4.69) is 17.4 Å². The lowest BCUT2D eigenvalue weighted by Crippen LogP contribution is -2.27. The zero-order valence-corrected chi connectivity index (χ0v) is 16.6. The van der Waals surface area contributed by atoms with Crippen LogP contribution < -0.4 is 5.32 Å². The second-order valence-electron chi connectivity index (χ2n) is 7.52. The molecule has 2 aliphatic rings. The Labute approximate surface area is 163 Å². The maximum atomic E-state index is 13.0. The minimum atomic E-state index is 0.158. The molecule has 140 valence electrons. The Hall–Kier alpha value is -1.17. The summed E-state index contributed by atoms with van der Waals surface area (Å²) in [4.78, 5) is 14.3. The molecule has 2 fully saturated rings. The van der Waals surface area contributed by atoms with Crippen LogP contribution in [-0.4, -0.2) is 28.8 Å². The van der Waals surface area contributed by atoms with E-state index in [1.165, 1.54) is 17.7 Å². The summed E-state index contributed by atoms with van der Waals surface area (Å²) in [6.07, 6.45) is 8.33. The molecule has 1 saturated carbocycles. The van der Waals surface area contributed by atoms with Gasteiger partial charge in [-0.3, -0.25) is 4.79 Å². The first-order valence-corrected chi connectivity index (χ1v) is 11.0. The van der Waals surface area contributed by atoms with Gasteiger partial charge in [0.15, 0.2) is 0 Å². The van der Waals surface area contributed by atoms with Crippen molar-refractivity contribution in [1.29, 1.82) is 0 Å². The standard InChI is InChI=1S/C20H26ClN3OS/c21-19-8-7-17(26-19)6-5-16-13-18(14-9-11-22-12-10-14)23-24(16)20(25)15-3-1-2-4-15/h7-8,13-15,22H,1-6,9-12H2. The van der Waals surface area contributed by atoms with E-state index in [1.54, 1.807) is 16.0 Å². The van der Waals surface area contributed by atoms with E-state index in [1.807, 2.05) is 6.07 Å². The largest absolute Gasteiger partial charge is 0.317 e. The normalized spacial score (nSPS) is 19.3. The molecule has 0 radical (unpaired) electrons. The maximum absolute atomic E-state index is 13.0. The Morgan fingerprint density at radius 2 is 1.96 bits per heavy atom. The van der Waals surface area contributed by atoms with Crippen molar-refractivity contribution in [1.82, 2.24) is 15.1 Å². The van der Waals surface area contributed by atoms with Crippen molar-refractivity contribution in [2.45, 2.75) is 57.3 Å². The van der Waals surface area contributed by atoms with Gasteiger partial charge in [-0.1, -0.05) is 24.4 Å². The van der Waals surface area contributed by atoms with Crippen LogP contribution in [0.5, 0.6) is 0 Å². The fraction of sp³-hybridized carbons (Fsp3) is 0.600. The summed E-state index contributed by atoms with van der Waals surface area (Å²) < 4.78 is 2.58. The minimum Gasteiger partial charge on any atom is -0.317 e. The van der Waals surface area contributed by atoms with Crippen molar-refractivity contribution in [2.24, 2.45) is 5.92 Å². The lowest BCUT2D eigenvalue weighted by molar-refractivity contribution is 0.0815. The van der Waals surface area contributed by atoms with Gasteiger partial charge < -0.3 is 5.32 Å². The number of carbonyl (C=O) groups excluding carboxylic acids is 1. The first-order chi connectivity index (χ1) is 12.7. The molecule has 0 unspecified atom stereocenters. The Balaban J connectivity index is 1.56. The Morgan fingerprint density at radius 1 is 1.19 bits per heavy atom. The molecule has 0 bridgehead atoms. The van der Waals surface area contributed by atoms with E-state index in [-0.39, 0.29) is 11.8 Å². The highest BCUT2D eigenvalue weighted by molar-refractivity contribution is 7.16. The van der Waals surface area contributed by atoms with Gasteiger partial charge in [0, 0.05) is 22.4 Å². The minimum absolute atomic E-state index is 0.158. The number of piperidine rings is 1. The van der Waals surface area contributed by atoms with Crippen LogP contribution in [0.1, 0.15) is 65.5 Å². The average Bonchev–Trinajstić information content (AvgIpc) is 3.41. The molecule has 3 heterocycles. The summed E-state index contributed by atoms with van der Waals surface area (Å²) >= 11 is 7.68. The lowest BCUT2D eigenvalue weighted by Gasteiger charge is -2.20. The zero-order valence-electron chi connectivity index (χ0n) is 15.0. The molecule has 4 rings (SSSR count). The number of nitrogens with one attached hydrogen (secondary N) is 1. The number of carbonyl (C=O) groups is 1. The smallest absolute Gasteiger partial charge is 0.250 e. The monoisotopic (exact) mass is 391 g/mol. The van der Waals surface area contributed by atoms with Gasteiger partial charge in [-0.05, 0) is 69.8 Å². The molecule has 0 atom stereocenters. The van der Waals surface area contributed by atoms with Gasteiger partial charge in [-0.25, -0.2) is 4.68 Å². The van der Waals surface area contributed by atoms with Crippen LogP contribution in [0.15, 0.2) is 18.2 Å². The van der Waals surface area contributed by atoms with Crippen LogP contribution in [0.4, 0.5) is 0 Å². The first-order valence-electron chi connectivity index (χ1n) is 9.78. The Kier molecular flexibility index (Phi) is 5.77. The molecule has 1 N–H and O–H groups in total. The predicted octanol–water partition coefficient (Wildman–Crippen LogP) is 4.68. The summed E-state index contributed by atoms with van der Waals surface area (Å²) in [5, 5.41) is 8.22. The SMILES string of the molecule is O=C(C1CCCC1)n1nc(C2CCNCC2)cc1CCc1ccc(Cl)s1. The van der Waals surface area contributed by atoms with Crippen LogP contribution in [0, 0.1) is 5.92 Å². The van der Waals surface area contributed by atoms with Crippen molar-refractivity contribution in [2.75, 3.05) is 13.1 Å². The second-order valence-corrected chi connectivity index (χ2v) is 9.32. The van der Waals surface area contributed by atoms with E-state index >= 15 is 0 Å². The predicted molar refractivity (Wildman–Crippen MR) is 106 cm³/mol. The van der Waals surface area contributed by atoms with Gasteiger partial charge in [0.05, 0.1) is 10.0 Å². The molecule has 26 heavy (non-hydrogen) atoms. The number of nitrogens with zero attached hydrogens (tertiary/aromatic N) is 2. The number of rotatable bonds is 5. The van der Waals surface area contributed by atoms with Crippen molar-refractivity contribution in [3.63, 3.8) is 0 Å². The quantitative estimate of drug-likeness (QED) is 0.804. The Morgan fingerprint density at radius 3 is 2.65 bits per heavy atom. The van der Waals surface area contributed by atoms with Gasteiger partial charge in [0.2, 0.25) is 5.91 Å².